The first kappa shape index (κ1) is 13.3. The van der Waals surface area contributed by atoms with Crippen LogP contribution in [0.4, 0.5) is 0 Å². The molecule has 6 heteroatoms. The van der Waals surface area contributed by atoms with Gasteiger partial charge in [-0.3, -0.25) is 0 Å². The summed E-state index contributed by atoms with van der Waals surface area (Å²) in [5, 5.41) is 9.60. The largest absolute Gasteiger partial charge is 0.496 e. The number of methoxy groups -OCH3 is 1. The fourth-order valence-corrected chi connectivity index (χ4v) is 3.80. The molecule has 1 saturated heterocycles. The summed E-state index contributed by atoms with van der Waals surface area (Å²) < 4.78 is 30.8. The highest BCUT2D eigenvalue weighted by atomic mass is 32.2. The SMILES string of the molecule is COc1ccc(S(=O)(=O)N2CC(C)(O)C2)cc1C. The molecule has 0 saturated carbocycles. The third-order valence-electron chi connectivity index (χ3n) is 3.04. The van der Waals surface area contributed by atoms with Gasteiger partial charge in [-0.05, 0) is 37.6 Å². The molecular weight excluding hydrogens is 254 g/mol. The van der Waals surface area contributed by atoms with Gasteiger partial charge in [0.1, 0.15) is 5.75 Å². The Hall–Kier alpha value is -1.11. The topological polar surface area (TPSA) is 66.8 Å². The van der Waals surface area contributed by atoms with Gasteiger partial charge in [-0.1, -0.05) is 0 Å². The summed E-state index contributed by atoms with van der Waals surface area (Å²) in [7, 11) is -1.96. The molecule has 100 valence electrons. The van der Waals surface area contributed by atoms with E-state index in [1.54, 1.807) is 33.1 Å². The van der Waals surface area contributed by atoms with E-state index in [-0.39, 0.29) is 18.0 Å². The summed E-state index contributed by atoms with van der Waals surface area (Å²) in [4.78, 5) is 0.233. The van der Waals surface area contributed by atoms with Gasteiger partial charge < -0.3 is 9.84 Å². The highest BCUT2D eigenvalue weighted by molar-refractivity contribution is 7.89. The van der Waals surface area contributed by atoms with E-state index in [0.29, 0.717) is 5.75 Å². The molecule has 1 aromatic carbocycles. The molecule has 1 fully saturated rings. The molecule has 0 spiro atoms. The molecule has 1 aliphatic heterocycles. The van der Waals surface area contributed by atoms with Gasteiger partial charge in [0.2, 0.25) is 10.0 Å². The Morgan fingerprint density at radius 1 is 1.39 bits per heavy atom. The predicted octanol–water partition coefficient (Wildman–Crippen LogP) is 0.759. The van der Waals surface area contributed by atoms with Gasteiger partial charge in [0.25, 0.3) is 0 Å². The number of ether oxygens (including phenoxy) is 1. The Labute approximate surface area is 107 Å². The summed E-state index contributed by atoms with van der Waals surface area (Å²) in [5.74, 6) is 0.657. The molecule has 0 amide bonds. The molecule has 2 rings (SSSR count). The lowest BCUT2D eigenvalue weighted by Crippen LogP contribution is -2.61. The summed E-state index contributed by atoms with van der Waals surface area (Å²) in [6, 6.07) is 4.75. The first-order chi connectivity index (χ1) is 8.26. The molecule has 0 aliphatic carbocycles. The van der Waals surface area contributed by atoms with Gasteiger partial charge in [-0.25, -0.2) is 8.42 Å². The number of aliphatic hydroxyl groups is 1. The lowest BCUT2D eigenvalue weighted by Gasteiger charge is -2.42. The van der Waals surface area contributed by atoms with Crippen LogP contribution in [0.15, 0.2) is 23.1 Å². The van der Waals surface area contributed by atoms with Crippen LogP contribution in [0.25, 0.3) is 0 Å². The van der Waals surface area contributed by atoms with Crippen molar-refractivity contribution in [3.63, 3.8) is 0 Å². The Balaban J connectivity index is 2.29. The van der Waals surface area contributed by atoms with E-state index < -0.39 is 15.6 Å². The standard InChI is InChI=1S/C12H17NO4S/c1-9-6-10(4-5-11(9)17-3)18(15,16)13-7-12(2,14)8-13/h4-6,14H,7-8H2,1-3H3. The van der Waals surface area contributed by atoms with Crippen molar-refractivity contribution >= 4 is 10.0 Å². The zero-order valence-electron chi connectivity index (χ0n) is 10.7. The van der Waals surface area contributed by atoms with Crippen LogP contribution in [0.1, 0.15) is 12.5 Å². The van der Waals surface area contributed by atoms with Crippen LogP contribution in [-0.4, -0.2) is 43.6 Å². The second-order valence-corrected chi connectivity index (χ2v) is 6.84. The third-order valence-corrected chi connectivity index (χ3v) is 4.83. The molecule has 5 nitrogen and oxygen atoms in total. The molecular formula is C12H17NO4S. The van der Waals surface area contributed by atoms with Crippen molar-refractivity contribution in [1.29, 1.82) is 0 Å². The zero-order chi connectivity index (χ0) is 13.6. The Kier molecular flexibility index (Phi) is 3.12. The minimum atomic E-state index is -3.50. The van der Waals surface area contributed by atoms with E-state index in [9.17, 15) is 13.5 Å². The molecule has 0 aromatic heterocycles. The van der Waals surface area contributed by atoms with Gasteiger partial charge in [0, 0.05) is 13.1 Å². The lowest BCUT2D eigenvalue weighted by molar-refractivity contribution is -0.0426. The third kappa shape index (κ3) is 2.23. The summed E-state index contributed by atoms with van der Waals surface area (Å²) in [6.45, 7) is 3.70. The van der Waals surface area contributed by atoms with Gasteiger partial charge in [-0.2, -0.15) is 4.31 Å². The average molecular weight is 271 g/mol. The maximum atomic E-state index is 12.2. The van der Waals surface area contributed by atoms with Crippen molar-refractivity contribution in [2.75, 3.05) is 20.2 Å². The Bertz CT molecular complexity index is 557. The van der Waals surface area contributed by atoms with E-state index >= 15 is 0 Å². The van der Waals surface area contributed by atoms with Crippen LogP contribution in [0.2, 0.25) is 0 Å². The van der Waals surface area contributed by atoms with E-state index in [2.05, 4.69) is 0 Å². The molecule has 0 atom stereocenters. The number of nitrogens with zero attached hydrogens (tertiary/aromatic N) is 1. The van der Waals surface area contributed by atoms with E-state index in [1.165, 1.54) is 10.4 Å². The van der Waals surface area contributed by atoms with Crippen LogP contribution in [0.3, 0.4) is 0 Å². The van der Waals surface area contributed by atoms with Crippen LogP contribution < -0.4 is 4.74 Å². The number of rotatable bonds is 3. The second kappa shape index (κ2) is 4.22. The van der Waals surface area contributed by atoms with Crippen molar-refractivity contribution in [2.45, 2.75) is 24.3 Å². The fourth-order valence-electron chi connectivity index (χ4n) is 2.04. The zero-order valence-corrected chi connectivity index (χ0v) is 11.5. The minimum absolute atomic E-state index is 0.139. The van der Waals surface area contributed by atoms with Gasteiger partial charge in [0.05, 0.1) is 17.6 Å². The molecule has 1 aliphatic rings. The molecule has 0 unspecified atom stereocenters. The highest BCUT2D eigenvalue weighted by Crippen LogP contribution is 2.29. The first-order valence-corrected chi connectivity index (χ1v) is 7.07. The number of β-amino-alcohol motifs (C(OH)–C–C–N with tert-alkyl or cyclic N) is 1. The van der Waals surface area contributed by atoms with Crippen molar-refractivity contribution < 1.29 is 18.3 Å². The second-order valence-electron chi connectivity index (χ2n) is 4.90. The van der Waals surface area contributed by atoms with Gasteiger partial charge >= 0.3 is 0 Å². The summed E-state index contributed by atoms with van der Waals surface area (Å²) in [5.41, 5.74) is -0.139. The lowest BCUT2D eigenvalue weighted by atomic mass is 10.0. The van der Waals surface area contributed by atoms with Crippen LogP contribution >= 0.6 is 0 Å². The number of sulfonamides is 1. The first-order valence-electron chi connectivity index (χ1n) is 5.63. The summed E-state index contributed by atoms with van der Waals surface area (Å²) in [6.07, 6.45) is 0. The maximum absolute atomic E-state index is 12.2. The number of aryl methyl sites for hydroxylation is 1. The van der Waals surface area contributed by atoms with Crippen LogP contribution in [-0.2, 0) is 10.0 Å². The van der Waals surface area contributed by atoms with E-state index in [0.717, 1.165) is 5.56 Å². The normalized spacial score (nSPS) is 19.3. The molecule has 18 heavy (non-hydrogen) atoms. The van der Waals surface area contributed by atoms with Crippen LogP contribution in [0.5, 0.6) is 5.75 Å². The number of hydrogen-bond acceptors (Lipinski definition) is 4. The van der Waals surface area contributed by atoms with Crippen molar-refractivity contribution in [3.05, 3.63) is 23.8 Å². The highest BCUT2D eigenvalue weighted by Gasteiger charge is 2.43. The predicted molar refractivity (Wildman–Crippen MR) is 67.1 cm³/mol. The Morgan fingerprint density at radius 2 is 2.00 bits per heavy atom. The maximum Gasteiger partial charge on any atom is 0.243 e. The van der Waals surface area contributed by atoms with Crippen molar-refractivity contribution in [2.24, 2.45) is 0 Å². The molecule has 1 N–H and O–H groups in total. The van der Waals surface area contributed by atoms with Crippen molar-refractivity contribution in [3.8, 4) is 5.75 Å². The number of hydrogen-bond donors (Lipinski definition) is 1. The smallest absolute Gasteiger partial charge is 0.243 e. The Morgan fingerprint density at radius 3 is 2.44 bits per heavy atom. The summed E-state index contributed by atoms with van der Waals surface area (Å²) >= 11 is 0. The van der Waals surface area contributed by atoms with Gasteiger partial charge in [-0.15, -0.1) is 0 Å². The van der Waals surface area contributed by atoms with Gasteiger partial charge in [0.15, 0.2) is 0 Å². The van der Waals surface area contributed by atoms with E-state index in [1.807, 2.05) is 0 Å². The van der Waals surface area contributed by atoms with Crippen LogP contribution in [0, 0.1) is 6.92 Å². The minimum Gasteiger partial charge on any atom is -0.496 e. The van der Waals surface area contributed by atoms with E-state index in [4.69, 9.17) is 4.74 Å². The molecule has 0 bridgehead atoms. The molecule has 0 radical (unpaired) electrons. The quantitative estimate of drug-likeness (QED) is 0.881. The fraction of sp³-hybridized carbons (Fsp3) is 0.500. The van der Waals surface area contributed by atoms with Crippen molar-refractivity contribution in [1.82, 2.24) is 4.31 Å². The monoisotopic (exact) mass is 271 g/mol. The molecule has 1 aromatic rings. The average Bonchev–Trinajstić information content (AvgIpc) is 2.25. The molecule has 1 heterocycles. The number of benzene rings is 1.